The molecule has 3 rings (SSSR count). The molecule has 1 saturated heterocycles. The number of nitrogens with one attached hydrogen (secondary N) is 2. The van der Waals surface area contributed by atoms with Gasteiger partial charge in [0, 0.05) is 32.7 Å². The Balaban J connectivity index is 0.00000341. The molecule has 8 nitrogen and oxygen atoms in total. The van der Waals surface area contributed by atoms with Crippen LogP contribution in [0.2, 0.25) is 0 Å². The quantitative estimate of drug-likeness (QED) is 0.305. The summed E-state index contributed by atoms with van der Waals surface area (Å²) >= 11 is 0. The van der Waals surface area contributed by atoms with Gasteiger partial charge in [-0.25, -0.2) is 8.42 Å². The van der Waals surface area contributed by atoms with E-state index in [9.17, 15) is 8.42 Å². The first-order valence-corrected chi connectivity index (χ1v) is 11.8. The number of hydrogen-bond donors (Lipinski definition) is 2. The Morgan fingerprint density at radius 3 is 2.48 bits per heavy atom. The highest BCUT2D eigenvalue weighted by molar-refractivity contribution is 14.0. The Hall–Kier alpha value is -1.66. The van der Waals surface area contributed by atoms with E-state index in [0.29, 0.717) is 48.5 Å². The Morgan fingerprint density at radius 2 is 1.84 bits per heavy atom. The van der Waals surface area contributed by atoms with Crippen molar-refractivity contribution in [3.05, 3.63) is 47.3 Å². The predicted molar refractivity (Wildman–Crippen MR) is 132 cm³/mol. The molecule has 1 aromatic heterocycles. The monoisotopic (exact) mass is 561 g/mol. The van der Waals surface area contributed by atoms with Crippen LogP contribution in [-0.2, 0) is 23.1 Å². The van der Waals surface area contributed by atoms with Crippen LogP contribution in [-0.4, -0.2) is 44.0 Å². The van der Waals surface area contributed by atoms with Crippen LogP contribution in [0.15, 0.2) is 44.7 Å². The molecule has 0 atom stereocenters. The number of nitrogens with zero attached hydrogens (tertiary/aromatic N) is 3. The highest BCUT2D eigenvalue weighted by atomic mass is 127. The molecule has 0 bridgehead atoms. The van der Waals surface area contributed by atoms with Crippen molar-refractivity contribution in [3.8, 4) is 0 Å². The molecule has 10 heteroatoms. The highest BCUT2D eigenvalue weighted by Crippen LogP contribution is 2.23. The average molecular weight is 561 g/mol. The molecule has 1 fully saturated rings. The summed E-state index contributed by atoms with van der Waals surface area (Å²) in [4.78, 5) is 4.57. The summed E-state index contributed by atoms with van der Waals surface area (Å²) in [6.45, 7) is 6.07. The third-order valence-corrected chi connectivity index (χ3v) is 7.17. The standard InChI is InChI=1S/C21H31N5O3S.HI/c1-16(2)19-13-18(29-25-19)15-24-21(22-3)23-14-17-9-5-6-10-20(17)30(27,28)26-11-7-4-8-12-26;/h5-6,9-10,13,16H,4,7-8,11-12,14-15H2,1-3H3,(H2,22,23,24);1H. The van der Waals surface area contributed by atoms with Gasteiger partial charge in [-0.1, -0.05) is 43.6 Å². The van der Waals surface area contributed by atoms with E-state index >= 15 is 0 Å². The summed E-state index contributed by atoms with van der Waals surface area (Å²) < 4.78 is 33.2. The fraction of sp³-hybridized carbons (Fsp3) is 0.524. The maximum atomic E-state index is 13.1. The molecule has 2 N–H and O–H groups in total. The molecule has 1 aromatic carbocycles. The van der Waals surface area contributed by atoms with Crippen LogP contribution in [0.25, 0.3) is 0 Å². The van der Waals surface area contributed by atoms with E-state index in [1.165, 1.54) is 0 Å². The number of guanidine groups is 1. The Labute approximate surface area is 201 Å². The van der Waals surface area contributed by atoms with Crippen LogP contribution in [0, 0.1) is 0 Å². The number of halogens is 1. The van der Waals surface area contributed by atoms with Crippen LogP contribution in [0.3, 0.4) is 0 Å². The van der Waals surface area contributed by atoms with Crippen molar-refractivity contribution in [1.29, 1.82) is 0 Å². The molecule has 2 aromatic rings. The van der Waals surface area contributed by atoms with Crippen LogP contribution in [0.4, 0.5) is 0 Å². The number of aliphatic imine (C=N–C) groups is 1. The highest BCUT2D eigenvalue weighted by Gasteiger charge is 2.27. The molecular formula is C21H32IN5O3S. The zero-order chi connectivity index (χ0) is 21.6. The summed E-state index contributed by atoms with van der Waals surface area (Å²) in [5, 5.41) is 10.4. The molecule has 0 spiro atoms. The van der Waals surface area contributed by atoms with Crippen molar-refractivity contribution in [3.63, 3.8) is 0 Å². The van der Waals surface area contributed by atoms with E-state index in [4.69, 9.17) is 4.52 Å². The number of hydrogen-bond acceptors (Lipinski definition) is 5. The second-order valence-electron chi connectivity index (χ2n) is 7.72. The predicted octanol–water partition coefficient (Wildman–Crippen LogP) is 3.46. The van der Waals surface area contributed by atoms with Gasteiger partial charge in [0.2, 0.25) is 10.0 Å². The van der Waals surface area contributed by atoms with Gasteiger partial charge in [-0.2, -0.15) is 4.31 Å². The Kier molecular flexibility index (Phi) is 9.76. The summed E-state index contributed by atoms with van der Waals surface area (Å²) in [5.41, 5.74) is 1.62. The van der Waals surface area contributed by atoms with Crippen LogP contribution >= 0.6 is 24.0 Å². The molecule has 172 valence electrons. The van der Waals surface area contributed by atoms with Gasteiger partial charge >= 0.3 is 0 Å². The normalized spacial score (nSPS) is 15.5. The first-order valence-electron chi connectivity index (χ1n) is 10.4. The smallest absolute Gasteiger partial charge is 0.243 e. The van der Waals surface area contributed by atoms with Gasteiger partial charge in [-0.3, -0.25) is 4.99 Å². The zero-order valence-corrected chi connectivity index (χ0v) is 21.4. The van der Waals surface area contributed by atoms with E-state index in [0.717, 1.165) is 30.7 Å². The van der Waals surface area contributed by atoms with Crippen LogP contribution in [0.5, 0.6) is 0 Å². The van der Waals surface area contributed by atoms with Crippen molar-refractivity contribution in [1.82, 2.24) is 20.1 Å². The van der Waals surface area contributed by atoms with Gasteiger partial charge in [0.05, 0.1) is 17.1 Å². The molecule has 31 heavy (non-hydrogen) atoms. The molecule has 1 aliphatic heterocycles. The molecule has 0 unspecified atom stereocenters. The lowest BCUT2D eigenvalue weighted by atomic mass is 10.1. The van der Waals surface area contributed by atoms with Crippen molar-refractivity contribution in [2.45, 2.75) is 57.0 Å². The average Bonchev–Trinajstić information content (AvgIpc) is 3.24. The lowest BCUT2D eigenvalue weighted by molar-refractivity contribution is 0.346. The number of aromatic nitrogens is 1. The topological polar surface area (TPSA) is 99.8 Å². The lowest BCUT2D eigenvalue weighted by Crippen LogP contribution is -2.38. The van der Waals surface area contributed by atoms with E-state index < -0.39 is 10.0 Å². The maximum Gasteiger partial charge on any atom is 0.243 e. The lowest BCUT2D eigenvalue weighted by Gasteiger charge is -2.27. The second-order valence-corrected chi connectivity index (χ2v) is 9.63. The fourth-order valence-electron chi connectivity index (χ4n) is 3.40. The van der Waals surface area contributed by atoms with Crippen LogP contribution in [0.1, 0.15) is 56.0 Å². The molecule has 0 amide bonds. The molecule has 0 radical (unpaired) electrons. The molecule has 1 aliphatic rings. The van der Waals surface area contributed by atoms with Crippen molar-refractivity contribution in [2.75, 3.05) is 20.1 Å². The zero-order valence-electron chi connectivity index (χ0n) is 18.3. The number of sulfonamides is 1. The largest absolute Gasteiger partial charge is 0.359 e. The first-order chi connectivity index (χ1) is 14.4. The van der Waals surface area contributed by atoms with E-state index in [-0.39, 0.29) is 24.0 Å². The minimum Gasteiger partial charge on any atom is -0.359 e. The second kappa shape index (κ2) is 11.8. The maximum absolute atomic E-state index is 13.1. The van der Waals surface area contributed by atoms with Gasteiger partial charge < -0.3 is 15.2 Å². The van der Waals surface area contributed by atoms with Crippen molar-refractivity contribution < 1.29 is 12.9 Å². The van der Waals surface area contributed by atoms with Gasteiger partial charge in [0.25, 0.3) is 0 Å². The number of benzene rings is 1. The summed E-state index contributed by atoms with van der Waals surface area (Å²) in [6, 6.07) is 9.06. The minimum atomic E-state index is -3.50. The van der Waals surface area contributed by atoms with E-state index in [1.54, 1.807) is 23.5 Å². The Morgan fingerprint density at radius 1 is 1.16 bits per heavy atom. The minimum absolute atomic E-state index is 0. The first kappa shape index (κ1) is 25.6. The molecule has 0 aliphatic carbocycles. The van der Waals surface area contributed by atoms with Crippen molar-refractivity contribution >= 4 is 40.0 Å². The summed E-state index contributed by atoms with van der Waals surface area (Å²) in [7, 11) is -1.83. The Bertz CT molecular complexity index is 969. The summed E-state index contributed by atoms with van der Waals surface area (Å²) in [5.74, 6) is 1.58. The fourth-order valence-corrected chi connectivity index (χ4v) is 5.14. The molecule has 0 saturated carbocycles. The van der Waals surface area contributed by atoms with E-state index in [2.05, 4.69) is 34.6 Å². The van der Waals surface area contributed by atoms with Gasteiger partial charge in [-0.05, 0) is 30.4 Å². The third-order valence-electron chi connectivity index (χ3n) is 5.17. The molecule has 2 heterocycles. The third kappa shape index (κ3) is 6.66. The molecular weight excluding hydrogens is 529 g/mol. The van der Waals surface area contributed by atoms with Gasteiger partial charge in [0.1, 0.15) is 0 Å². The number of piperidine rings is 1. The van der Waals surface area contributed by atoms with E-state index in [1.807, 2.05) is 18.2 Å². The van der Waals surface area contributed by atoms with Gasteiger partial charge in [0.15, 0.2) is 11.7 Å². The summed E-state index contributed by atoms with van der Waals surface area (Å²) in [6.07, 6.45) is 2.91. The van der Waals surface area contributed by atoms with Gasteiger partial charge in [-0.15, -0.1) is 24.0 Å². The number of rotatable bonds is 7. The SMILES string of the molecule is CN=C(NCc1cc(C(C)C)no1)NCc1ccccc1S(=O)(=O)N1CCCCC1.I. The van der Waals surface area contributed by atoms with Crippen molar-refractivity contribution in [2.24, 2.45) is 4.99 Å². The van der Waals surface area contributed by atoms with Crippen LogP contribution < -0.4 is 10.6 Å².